The minimum atomic E-state index is -3.85. The highest BCUT2D eigenvalue weighted by Gasteiger charge is 2.27. The summed E-state index contributed by atoms with van der Waals surface area (Å²) in [6.45, 7) is 9.31. The van der Waals surface area contributed by atoms with Gasteiger partial charge in [0.25, 0.3) is 10.1 Å². The van der Waals surface area contributed by atoms with Gasteiger partial charge in [-0.3, -0.25) is 4.18 Å². The standard InChI is InChI=1S/C10H16O9S.C4H11N/c1-5(8(11)12)17-9(13)6(2)18-10(14)7(3)19-20(4,15)16;1-4(2,3)5/h5-7H,1-4H3,(H,11,12);5H2,1-3H3. The lowest BCUT2D eigenvalue weighted by atomic mass is 10.1. The Bertz CT molecular complexity index is 559. The molecule has 3 unspecified atom stereocenters. The summed E-state index contributed by atoms with van der Waals surface area (Å²) in [7, 11) is -3.85. The number of aliphatic carboxylic acids is 1. The number of carboxylic acid groups (broad SMARTS) is 1. The molecule has 0 aromatic carbocycles. The molecule has 0 fully saturated rings. The van der Waals surface area contributed by atoms with Gasteiger partial charge in [-0.05, 0) is 41.5 Å². The molecule has 0 radical (unpaired) electrons. The molecule has 148 valence electrons. The zero-order valence-corrected chi connectivity index (χ0v) is 16.2. The van der Waals surface area contributed by atoms with Crippen molar-refractivity contribution in [3.05, 3.63) is 0 Å². The predicted molar refractivity (Wildman–Crippen MR) is 88.1 cm³/mol. The fourth-order valence-corrected chi connectivity index (χ4v) is 1.54. The lowest BCUT2D eigenvalue weighted by Gasteiger charge is -2.16. The molecular formula is C14H27NO9S. The number of carbonyl (C=O) groups is 3. The molecule has 0 aliphatic rings. The molecular weight excluding hydrogens is 358 g/mol. The van der Waals surface area contributed by atoms with Crippen molar-refractivity contribution in [2.75, 3.05) is 6.26 Å². The van der Waals surface area contributed by atoms with Crippen LogP contribution >= 0.6 is 0 Å². The fourth-order valence-electron chi connectivity index (χ4n) is 0.940. The molecule has 0 bridgehead atoms. The number of carboxylic acids is 1. The molecule has 0 heterocycles. The molecule has 0 saturated heterocycles. The smallest absolute Gasteiger partial charge is 0.347 e. The van der Waals surface area contributed by atoms with Gasteiger partial charge >= 0.3 is 17.9 Å². The van der Waals surface area contributed by atoms with E-state index in [1.807, 2.05) is 20.8 Å². The summed E-state index contributed by atoms with van der Waals surface area (Å²) in [5.41, 5.74) is 5.35. The Morgan fingerprint density at radius 1 is 0.920 bits per heavy atom. The minimum absolute atomic E-state index is 0. The van der Waals surface area contributed by atoms with E-state index in [4.69, 9.17) is 10.8 Å². The number of ether oxygens (including phenoxy) is 2. The van der Waals surface area contributed by atoms with Gasteiger partial charge in [-0.2, -0.15) is 8.42 Å². The number of carbonyl (C=O) groups excluding carboxylic acids is 2. The van der Waals surface area contributed by atoms with Crippen LogP contribution < -0.4 is 5.73 Å². The van der Waals surface area contributed by atoms with Crippen LogP contribution in [-0.4, -0.2) is 61.5 Å². The highest BCUT2D eigenvalue weighted by molar-refractivity contribution is 7.86. The Kier molecular flexibility index (Phi) is 10.5. The SMILES string of the molecule is CC(C)(C)N.CC(OC(=O)C(C)OC(=O)C(C)OS(C)(=O)=O)C(=O)O. The third-order valence-electron chi connectivity index (χ3n) is 1.92. The molecule has 0 aromatic heterocycles. The van der Waals surface area contributed by atoms with E-state index in [0.29, 0.717) is 0 Å². The lowest BCUT2D eigenvalue weighted by molar-refractivity contribution is -0.177. The van der Waals surface area contributed by atoms with Crippen LogP contribution in [0.2, 0.25) is 0 Å². The molecule has 10 nitrogen and oxygen atoms in total. The summed E-state index contributed by atoms with van der Waals surface area (Å²) in [4.78, 5) is 33.3. The lowest BCUT2D eigenvalue weighted by Crippen LogP contribution is -2.35. The fraction of sp³-hybridized carbons (Fsp3) is 0.786. The normalized spacial score (nSPS) is 15.0. The van der Waals surface area contributed by atoms with Crippen molar-refractivity contribution in [2.24, 2.45) is 5.73 Å². The highest BCUT2D eigenvalue weighted by Crippen LogP contribution is 2.05. The largest absolute Gasteiger partial charge is 0.479 e. The van der Waals surface area contributed by atoms with E-state index in [-0.39, 0.29) is 5.54 Å². The topological polar surface area (TPSA) is 159 Å². The maximum Gasteiger partial charge on any atom is 0.347 e. The Morgan fingerprint density at radius 3 is 1.56 bits per heavy atom. The summed E-state index contributed by atoms with van der Waals surface area (Å²) in [5, 5.41) is 8.54. The summed E-state index contributed by atoms with van der Waals surface area (Å²) in [6.07, 6.45) is -3.47. The summed E-state index contributed by atoms with van der Waals surface area (Å²) < 4.78 is 35.0. The van der Waals surface area contributed by atoms with E-state index < -0.39 is 46.3 Å². The number of nitrogens with two attached hydrogens (primary N) is 1. The van der Waals surface area contributed by atoms with E-state index in [9.17, 15) is 22.8 Å². The molecule has 25 heavy (non-hydrogen) atoms. The molecule has 3 N–H and O–H groups in total. The van der Waals surface area contributed by atoms with Gasteiger partial charge in [-0.1, -0.05) is 0 Å². The number of hydrogen-bond donors (Lipinski definition) is 2. The van der Waals surface area contributed by atoms with Crippen molar-refractivity contribution in [3.63, 3.8) is 0 Å². The van der Waals surface area contributed by atoms with Gasteiger partial charge in [-0.25, -0.2) is 14.4 Å². The molecule has 0 spiro atoms. The molecule has 0 aliphatic carbocycles. The Labute approximate surface area is 147 Å². The maximum absolute atomic E-state index is 11.4. The van der Waals surface area contributed by atoms with Crippen molar-refractivity contribution in [1.82, 2.24) is 0 Å². The summed E-state index contributed by atoms with van der Waals surface area (Å²) in [5.74, 6) is -3.52. The van der Waals surface area contributed by atoms with Gasteiger partial charge in [-0.15, -0.1) is 0 Å². The summed E-state index contributed by atoms with van der Waals surface area (Å²) in [6, 6.07) is 0. The van der Waals surface area contributed by atoms with E-state index in [2.05, 4.69) is 13.7 Å². The van der Waals surface area contributed by atoms with Crippen LogP contribution in [0.4, 0.5) is 0 Å². The van der Waals surface area contributed by atoms with E-state index in [0.717, 1.165) is 27.0 Å². The van der Waals surface area contributed by atoms with Crippen LogP contribution in [0.3, 0.4) is 0 Å². The van der Waals surface area contributed by atoms with Crippen molar-refractivity contribution in [3.8, 4) is 0 Å². The van der Waals surface area contributed by atoms with Crippen LogP contribution in [0.25, 0.3) is 0 Å². The van der Waals surface area contributed by atoms with Gasteiger partial charge in [0.1, 0.15) is 0 Å². The van der Waals surface area contributed by atoms with Gasteiger partial charge in [0, 0.05) is 5.54 Å². The van der Waals surface area contributed by atoms with E-state index in [1.54, 1.807) is 0 Å². The average molecular weight is 385 g/mol. The van der Waals surface area contributed by atoms with E-state index in [1.165, 1.54) is 0 Å². The quantitative estimate of drug-likeness (QED) is 0.452. The predicted octanol–water partition coefficient (Wildman–Crippen LogP) is 0.0427. The molecule has 0 amide bonds. The van der Waals surface area contributed by atoms with Crippen molar-refractivity contribution < 1.29 is 41.6 Å². The molecule has 11 heteroatoms. The second kappa shape index (κ2) is 10.3. The third kappa shape index (κ3) is 16.9. The first-order chi connectivity index (χ1) is 10.9. The van der Waals surface area contributed by atoms with Crippen LogP contribution in [0, 0.1) is 0 Å². The Hall–Kier alpha value is -1.72. The first-order valence-electron chi connectivity index (χ1n) is 7.25. The molecule has 0 rings (SSSR count). The second-order valence-electron chi connectivity index (χ2n) is 6.31. The third-order valence-corrected chi connectivity index (χ3v) is 2.55. The maximum atomic E-state index is 11.4. The van der Waals surface area contributed by atoms with Crippen molar-refractivity contribution in [1.29, 1.82) is 0 Å². The number of rotatable bonds is 7. The molecule has 3 atom stereocenters. The molecule has 0 aromatic rings. The van der Waals surface area contributed by atoms with Crippen LogP contribution in [0.15, 0.2) is 0 Å². The van der Waals surface area contributed by atoms with Crippen LogP contribution in [0.1, 0.15) is 41.5 Å². The van der Waals surface area contributed by atoms with Crippen LogP contribution in [-0.2, 0) is 38.2 Å². The van der Waals surface area contributed by atoms with Gasteiger partial charge in [0.05, 0.1) is 6.26 Å². The Morgan fingerprint density at radius 2 is 1.24 bits per heavy atom. The molecule has 0 saturated carbocycles. The van der Waals surface area contributed by atoms with Gasteiger partial charge in [0.2, 0.25) is 0 Å². The number of hydrogen-bond acceptors (Lipinski definition) is 9. The first kappa shape index (κ1) is 25.5. The monoisotopic (exact) mass is 385 g/mol. The molecule has 0 aliphatic heterocycles. The number of esters is 2. The summed E-state index contributed by atoms with van der Waals surface area (Å²) >= 11 is 0. The highest BCUT2D eigenvalue weighted by atomic mass is 32.2. The zero-order chi connectivity index (χ0) is 20.6. The average Bonchev–Trinajstić information content (AvgIpc) is 2.33. The van der Waals surface area contributed by atoms with E-state index >= 15 is 0 Å². The van der Waals surface area contributed by atoms with Gasteiger partial charge in [0.15, 0.2) is 18.3 Å². The zero-order valence-electron chi connectivity index (χ0n) is 15.4. The minimum Gasteiger partial charge on any atom is -0.479 e. The van der Waals surface area contributed by atoms with Crippen molar-refractivity contribution >= 4 is 28.0 Å². The Balaban J connectivity index is 0. The first-order valence-corrected chi connectivity index (χ1v) is 9.06. The van der Waals surface area contributed by atoms with Crippen molar-refractivity contribution in [2.45, 2.75) is 65.4 Å². The van der Waals surface area contributed by atoms with Crippen LogP contribution in [0.5, 0.6) is 0 Å². The second-order valence-corrected chi connectivity index (χ2v) is 7.91. The van der Waals surface area contributed by atoms with Gasteiger partial charge < -0.3 is 20.3 Å².